The summed E-state index contributed by atoms with van der Waals surface area (Å²) in [5, 5.41) is 0. The molecular weight excluding hydrogens is 205 g/mol. The van der Waals surface area contributed by atoms with Crippen molar-refractivity contribution in [2.24, 2.45) is 5.73 Å². The maximum Gasteiger partial charge on any atom is 0.165 e. The smallest absolute Gasteiger partial charge is 0.165 e. The zero-order valence-electron chi connectivity index (χ0n) is 8.24. The molecule has 0 radical (unpaired) electrons. The predicted molar refractivity (Wildman–Crippen MR) is 57.4 cm³/mol. The summed E-state index contributed by atoms with van der Waals surface area (Å²) < 4.78 is 18.4. The van der Waals surface area contributed by atoms with Crippen molar-refractivity contribution in [3.05, 3.63) is 30.1 Å². The molecule has 0 saturated carbocycles. The molecule has 2 atom stereocenters. The third-order valence-corrected chi connectivity index (χ3v) is 1.89. The minimum absolute atomic E-state index is 0. The van der Waals surface area contributed by atoms with E-state index < -0.39 is 0 Å². The molecule has 0 aliphatic rings. The van der Waals surface area contributed by atoms with Gasteiger partial charge < -0.3 is 10.5 Å². The van der Waals surface area contributed by atoms with Crippen LogP contribution in [-0.4, -0.2) is 12.1 Å². The molecule has 0 spiro atoms. The third-order valence-electron chi connectivity index (χ3n) is 1.89. The number of benzene rings is 1. The van der Waals surface area contributed by atoms with Crippen LogP contribution >= 0.6 is 12.4 Å². The van der Waals surface area contributed by atoms with E-state index in [9.17, 15) is 4.39 Å². The van der Waals surface area contributed by atoms with E-state index in [2.05, 4.69) is 0 Å². The Bertz CT molecular complexity index is 281. The fraction of sp³-hybridized carbons (Fsp3) is 0.400. The molecule has 1 aromatic rings. The first kappa shape index (κ1) is 13.2. The van der Waals surface area contributed by atoms with E-state index in [0.717, 1.165) is 0 Å². The topological polar surface area (TPSA) is 35.2 Å². The van der Waals surface area contributed by atoms with Gasteiger partial charge in [-0.15, -0.1) is 12.4 Å². The molecule has 0 aliphatic carbocycles. The van der Waals surface area contributed by atoms with E-state index in [0.29, 0.717) is 0 Å². The highest BCUT2D eigenvalue weighted by atomic mass is 35.5. The predicted octanol–water partition coefficient (Wildman–Crippen LogP) is 2.36. The van der Waals surface area contributed by atoms with E-state index in [4.69, 9.17) is 10.5 Å². The van der Waals surface area contributed by atoms with Gasteiger partial charge in [-0.25, -0.2) is 4.39 Å². The van der Waals surface area contributed by atoms with Crippen molar-refractivity contribution in [3.63, 3.8) is 0 Å². The van der Waals surface area contributed by atoms with Crippen LogP contribution in [0.5, 0.6) is 5.75 Å². The fourth-order valence-electron chi connectivity index (χ4n) is 0.848. The Balaban J connectivity index is 0.00000169. The summed E-state index contributed by atoms with van der Waals surface area (Å²) in [4.78, 5) is 0. The highest BCUT2D eigenvalue weighted by Gasteiger charge is 2.10. The molecule has 14 heavy (non-hydrogen) atoms. The number of halogens is 2. The Morgan fingerprint density at radius 2 is 1.86 bits per heavy atom. The molecule has 4 heteroatoms. The van der Waals surface area contributed by atoms with E-state index >= 15 is 0 Å². The van der Waals surface area contributed by atoms with Gasteiger partial charge in [0.2, 0.25) is 0 Å². The molecule has 0 aromatic heterocycles. The number of hydrogen-bond acceptors (Lipinski definition) is 2. The van der Waals surface area contributed by atoms with Crippen molar-refractivity contribution in [2.45, 2.75) is 26.0 Å². The monoisotopic (exact) mass is 219 g/mol. The van der Waals surface area contributed by atoms with Gasteiger partial charge in [0, 0.05) is 6.04 Å². The van der Waals surface area contributed by atoms with Crippen molar-refractivity contribution in [3.8, 4) is 5.75 Å². The van der Waals surface area contributed by atoms with Crippen molar-refractivity contribution >= 4 is 12.4 Å². The van der Waals surface area contributed by atoms with Crippen molar-refractivity contribution in [2.75, 3.05) is 0 Å². The second kappa shape index (κ2) is 5.83. The molecule has 0 fully saturated rings. The van der Waals surface area contributed by atoms with Gasteiger partial charge in [-0.05, 0) is 26.0 Å². The van der Waals surface area contributed by atoms with E-state index in [-0.39, 0.29) is 36.1 Å². The zero-order chi connectivity index (χ0) is 9.84. The Hall–Kier alpha value is -0.800. The Morgan fingerprint density at radius 1 is 1.29 bits per heavy atom. The van der Waals surface area contributed by atoms with Crippen LogP contribution in [0.4, 0.5) is 4.39 Å². The highest BCUT2D eigenvalue weighted by molar-refractivity contribution is 5.85. The second-order valence-electron chi connectivity index (χ2n) is 3.11. The van der Waals surface area contributed by atoms with Gasteiger partial charge >= 0.3 is 0 Å². The van der Waals surface area contributed by atoms with Crippen LogP contribution in [0.3, 0.4) is 0 Å². The Morgan fingerprint density at radius 3 is 2.36 bits per heavy atom. The standard InChI is InChI=1S/C10H14FNO.ClH/c1-7(12)8(2)13-10-6-4-3-5-9(10)11;/h3-8H,12H2,1-2H3;1H. The van der Waals surface area contributed by atoms with Gasteiger partial charge in [0.15, 0.2) is 11.6 Å². The number of ether oxygens (including phenoxy) is 1. The average molecular weight is 220 g/mol. The average Bonchev–Trinajstić information content (AvgIpc) is 2.08. The summed E-state index contributed by atoms with van der Waals surface area (Å²) in [6.07, 6.45) is -0.183. The minimum atomic E-state index is -0.352. The molecule has 1 rings (SSSR count). The van der Waals surface area contributed by atoms with Crippen LogP contribution in [0.15, 0.2) is 24.3 Å². The first-order valence-corrected chi connectivity index (χ1v) is 4.28. The summed E-state index contributed by atoms with van der Waals surface area (Å²) in [6, 6.07) is 6.20. The Kier molecular flexibility index (Phi) is 5.50. The summed E-state index contributed by atoms with van der Waals surface area (Å²) in [5.41, 5.74) is 5.59. The van der Waals surface area contributed by atoms with E-state index in [1.165, 1.54) is 6.07 Å². The van der Waals surface area contributed by atoms with Crippen LogP contribution in [0.1, 0.15) is 13.8 Å². The number of rotatable bonds is 3. The van der Waals surface area contributed by atoms with Crippen molar-refractivity contribution < 1.29 is 9.13 Å². The first-order valence-electron chi connectivity index (χ1n) is 4.28. The van der Waals surface area contributed by atoms with Gasteiger partial charge in [0.05, 0.1) is 0 Å². The highest BCUT2D eigenvalue weighted by Crippen LogP contribution is 2.17. The largest absolute Gasteiger partial charge is 0.486 e. The normalized spacial score (nSPS) is 14.0. The third kappa shape index (κ3) is 3.52. The van der Waals surface area contributed by atoms with E-state index in [1.807, 2.05) is 13.8 Å². The molecule has 0 saturated heterocycles. The maximum atomic E-state index is 13.0. The van der Waals surface area contributed by atoms with Crippen LogP contribution in [0, 0.1) is 5.82 Å². The summed E-state index contributed by atoms with van der Waals surface area (Å²) in [7, 11) is 0. The zero-order valence-corrected chi connectivity index (χ0v) is 9.05. The molecule has 0 bridgehead atoms. The number of nitrogens with two attached hydrogens (primary N) is 1. The van der Waals surface area contributed by atoms with E-state index in [1.54, 1.807) is 18.2 Å². The van der Waals surface area contributed by atoms with Gasteiger partial charge in [0.25, 0.3) is 0 Å². The summed E-state index contributed by atoms with van der Waals surface area (Å²) in [5.74, 6) is -0.0951. The number of hydrogen-bond donors (Lipinski definition) is 1. The second-order valence-corrected chi connectivity index (χ2v) is 3.11. The fourth-order valence-corrected chi connectivity index (χ4v) is 0.848. The van der Waals surface area contributed by atoms with Crippen LogP contribution < -0.4 is 10.5 Å². The lowest BCUT2D eigenvalue weighted by Gasteiger charge is -2.18. The maximum absolute atomic E-state index is 13.0. The molecule has 2 N–H and O–H groups in total. The quantitative estimate of drug-likeness (QED) is 0.847. The summed E-state index contributed by atoms with van der Waals surface area (Å²) >= 11 is 0. The van der Waals surface area contributed by atoms with Crippen LogP contribution in [0.25, 0.3) is 0 Å². The molecule has 2 unspecified atom stereocenters. The summed E-state index contributed by atoms with van der Waals surface area (Å²) in [6.45, 7) is 3.64. The van der Waals surface area contributed by atoms with Crippen molar-refractivity contribution in [1.29, 1.82) is 0 Å². The van der Waals surface area contributed by atoms with Crippen molar-refractivity contribution in [1.82, 2.24) is 0 Å². The first-order chi connectivity index (χ1) is 6.11. The lowest BCUT2D eigenvalue weighted by molar-refractivity contribution is 0.188. The van der Waals surface area contributed by atoms with Gasteiger partial charge in [-0.2, -0.15) is 0 Å². The molecule has 1 aromatic carbocycles. The molecule has 0 aliphatic heterocycles. The lowest BCUT2D eigenvalue weighted by Crippen LogP contribution is -2.33. The molecule has 2 nitrogen and oxygen atoms in total. The molecule has 0 amide bonds. The van der Waals surface area contributed by atoms with Crippen LogP contribution in [-0.2, 0) is 0 Å². The molecule has 0 heterocycles. The molecule has 80 valence electrons. The number of para-hydroxylation sites is 1. The van der Waals surface area contributed by atoms with Crippen LogP contribution in [0.2, 0.25) is 0 Å². The van der Waals surface area contributed by atoms with Gasteiger partial charge in [-0.1, -0.05) is 12.1 Å². The SMILES string of the molecule is CC(N)C(C)Oc1ccccc1F.Cl. The van der Waals surface area contributed by atoms with Gasteiger partial charge in [0.1, 0.15) is 6.10 Å². The minimum Gasteiger partial charge on any atom is -0.486 e. The lowest BCUT2D eigenvalue weighted by atomic mass is 10.2. The van der Waals surface area contributed by atoms with Gasteiger partial charge in [-0.3, -0.25) is 0 Å². The molecular formula is C10H15ClFNO. The Labute approximate surface area is 89.7 Å².